The molecule has 0 aliphatic heterocycles. The molecule has 0 atom stereocenters. The maximum Gasteiger partial charge on any atom is 0.263 e. The second kappa shape index (κ2) is 8.85. The Morgan fingerprint density at radius 3 is 2.52 bits per heavy atom. The minimum absolute atomic E-state index is 0.0609. The Labute approximate surface area is 159 Å². The lowest BCUT2D eigenvalue weighted by Crippen LogP contribution is -2.20. The fourth-order valence-corrected chi connectivity index (χ4v) is 2.61. The summed E-state index contributed by atoms with van der Waals surface area (Å²) in [6.45, 7) is 4.06. The summed E-state index contributed by atoms with van der Waals surface area (Å²) in [5.74, 6) is 0.903. The van der Waals surface area contributed by atoms with E-state index in [4.69, 9.17) is 4.74 Å². The number of aromatic nitrogens is 1. The molecule has 0 fully saturated rings. The molecule has 1 aromatic heterocycles. The van der Waals surface area contributed by atoms with Crippen LogP contribution >= 0.6 is 0 Å². The number of carbonyl (C=O) groups excluding carboxylic acids is 1. The molecule has 3 rings (SSSR count). The number of ether oxygens (including phenoxy) is 1. The van der Waals surface area contributed by atoms with Gasteiger partial charge >= 0.3 is 0 Å². The van der Waals surface area contributed by atoms with Crippen LogP contribution in [-0.4, -0.2) is 17.5 Å². The summed E-state index contributed by atoms with van der Waals surface area (Å²) in [7, 11) is 0. The van der Waals surface area contributed by atoms with Crippen molar-refractivity contribution in [1.82, 2.24) is 4.98 Å². The van der Waals surface area contributed by atoms with Gasteiger partial charge in [-0.25, -0.2) is 4.98 Å². The third kappa shape index (κ3) is 5.31. The Bertz CT molecular complexity index is 890. The molecule has 0 radical (unpaired) electrons. The average molecular weight is 361 g/mol. The number of hydrogen-bond donors (Lipinski definition) is 2. The maximum atomic E-state index is 12.0. The quantitative estimate of drug-likeness (QED) is 0.639. The normalized spacial score (nSPS) is 10.3. The molecule has 2 aromatic carbocycles. The number of benzene rings is 2. The number of anilines is 3. The lowest BCUT2D eigenvalue weighted by atomic mass is 10.1. The highest BCUT2D eigenvalue weighted by Gasteiger charge is 2.06. The van der Waals surface area contributed by atoms with E-state index >= 15 is 0 Å². The van der Waals surface area contributed by atoms with E-state index in [2.05, 4.69) is 28.6 Å². The van der Waals surface area contributed by atoms with E-state index in [0.717, 1.165) is 23.4 Å². The fourth-order valence-electron chi connectivity index (χ4n) is 2.61. The number of aryl methyl sites for hydroxylation is 2. The maximum absolute atomic E-state index is 12.0. The van der Waals surface area contributed by atoms with Gasteiger partial charge in [0.05, 0.1) is 11.9 Å². The van der Waals surface area contributed by atoms with Crippen LogP contribution in [0.3, 0.4) is 0 Å². The van der Waals surface area contributed by atoms with E-state index in [1.54, 1.807) is 12.3 Å². The van der Waals surface area contributed by atoms with E-state index in [-0.39, 0.29) is 12.5 Å². The van der Waals surface area contributed by atoms with Crippen molar-refractivity contribution in [1.29, 1.82) is 0 Å². The molecule has 2 N–H and O–H groups in total. The lowest BCUT2D eigenvalue weighted by Gasteiger charge is -2.11. The highest BCUT2D eigenvalue weighted by atomic mass is 16.5. The van der Waals surface area contributed by atoms with E-state index in [9.17, 15) is 4.79 Å². The third-order valence-electron chi connectivity index (χ3n) is 4.10. The van der Waals surface area contributed by atoms with Crippen molar-refractivity contribution < 1.29 is 9.53 Å². The van der Waals surface area contributed by atoms with E-state index in [1.807, 2.05) is 55.5 Å². The molecule has 0 spiro atoms. The number of pyridine rings is 1. The van der Waals surface area contributed by atoms with Gasteiger partial charge in [0.1, 0.15) is 11.6 Å². The number of hydrogen-bond acceptors (Lipinski definition) is 4. The summed E-state index contributed by atoms with van der Waals surface area (Å²) in [5.41, 5.74) is 4.31. The third-order valence-corrected chi connectivity index (χ3v) is 4.10. The zero-order chi connectivity index (χ0) is 19.1. The molecule has 138 valence electrons. The van der Waals surface area contributed by atoms with Gasteiger partial charge in [-0.1, -0.05) is 42.8 Å². The van der Waals surface area contributed by atoms with Gasteiger partial charge in [0.25, 0.3) is 5.91 Å². The van der Waals surface area contributed by atoms with Crippen LogP contribution in [0.2, 0.25) is 0 Å². The Morgan fingerprint density at radius 1 is 1.04 bits per heavy atom. The summed E-state index contributed by atoms with van der Waals surface area (Å²) in [5, 5.41) is 6.09. The molecule has 0 aliphatic carbocycles. The molecule has 5 nitrogen and oxygen atoms in total. The number of nitrogens with one attached hydrogen (secondary N) is 2. The minimum Gasteiger partial charge on any atom is -0.484 e. The van der Waals surface area contributed by atoms with E-state index < -0.39 is 0 Å². The van der Waals surface area contributed by atoms with Crippen molar-refractivity contribution in [2.45, 2.75) is 20.3 Å². The second-order valence-electron chi connectivity index (χ2n) is 6.22. The molecule has 0 bridgehead atoms. The summed E-state index contributed by atoms with van der Waals surface area (Å²) in [6, 6.07) is 19.4. The van der Waals surface area contributed by atoms with Gasteiger partial charge in [0, 0.05) is 5.69 Å². The van der Waals surface area contributed by atoms with Gasteiger partial charge < -0.3 is 15.4 Å². The number of rotatable bonds is 7. The van der Waals surface area contributed by atoms with Gasteiger partial charge in [-0.2, -0.15) is 0 Å². The molecule has 1 heterocycles. The van der Waals surface area contributed by atoms with Crippen molar-refractivity contribution in [3.05, 3.63) is 78.0 Å². The summed E-state index contributed by atoms with van der Waals surface area (Å²) >= 11 is 0. The van der Waals surface area contributed by atoms with Gasteiger partial charge in [-0.15, -0.1) is 0 Å². The first-order valence-corrected chi connectivity index (χ1v) is 8.94. The van der Waals surface area contributed by atoms with Crippen molar-refractivity contribution in [2.75, 3.05) is 17.2 Å². The highest BCUT2D eigenvalue weighted by molar-refractivity contribution is 5.91. The lowest BCUT2D eigenvalue weighted by molar-refractivity contribution is -0.118. The van der Waals surface area contributed by atoms with E-state index in [0.29, 0.717) is 11.6 Å². The number of para-hydroxylation sites is 1. The number of amides is 1. The molecular formula is C22H23N3O2. The predicted octanol–water partition coefficient (Wildman–Crippen LogP) is 4.71. The molecule has 0 aliphatic rings. The standard InChI is InChI=1S/C22H23N3O2/c1-3-17-6-4-5-7-20(17)24-18-10-13-21(23-14-18)25-22(26)15-27-19-11-8-16(2)9-12-19/h4-14,24H,3,15H2,1-2H3,(H,23,25,26). The van der Waals surface area contributed by atoms with Crippen molar-refractivity contribution >= 4 is 23.1 Å². The Hall–Kier alpha value is -3.34. The number of carbonyl (C=O) groups is 1. The zero-order valence-corrected chi connectivity index (χ0v) is 15.5. The Kier molecular flexibility index (Phi) is 6.05. The smallest absolute Gasteiger partial charge is 0.263 e. The first-order valence-electron chi connectivity index (χ1n) is 8.94. The van der Waals surface area contributed by atoms with Crippen molar-refractivity contribution in [2.24, 2.45) is 0 Å². The fraction of sp³-hybridized carbons (Fsp3) is 0.182. The van der Waals surface area contributed by atoms with Crippen LogP contribution in [0.25, 0.3) is 0 Å². The Morgan fingerprint density at radius 2 is 1.81 bits per heavy atom. The van der Waals surface area contributed by atoms with Crippen LogP contribution in [0.5, 0.6) is 5.75 Å². The zero-order valence-electron chi connectivity index (χ0n) is 15.5. The SMILES string of the molecule is CCc1ccccc1Nc1ccc(NC(=O)COc2ccc(C)cc2)nc1. The molecule has 3 aromatic rings. The Balaban J connectivity index is 1.54. The van der Waals surface area contributed by atoms with Gasteiger partial charge in [0.15, 0.2) is 6.61 Å². The van der Waals surface area contributed by atoms with Crippen molar-refractivity contribution in [3.63, 3.8) is 0 Å². The topological polar surface area (TPSA) is 63.2 Å². The summed E-state index contributed by atoms with van der Waals surface area (Å²) in [4.78, 5) is 16.3. The molecule has 0 saturated carbocycles. The average Bonchev–Trinajstić information content (AvgIpc) is 2.69. The summed E-state index contributed by atoms with van der Waals surface area (Å²) in [6.07, 6.45) is 2.65. The van der Waals surface area contributed by atoms with E-state index in [1.165, 1.54) is 5.56 Å². The van der Waals surface area contributed by atoms with Gasteiger partial charge in [-0.3, -0.25) is 4.79 Å². The molecule has 27 heavy (non-hydrogen) atoms. The first kappa shape index (κ1) is 18.5. The monoisotopic (exact) mass is 361 g/mol. The molecular weight excluding hydrogens is 338 g/mol. The predicted molar refractivity (Wildman–Crippen MR) is 109 cm³/mol. The molecule has 0 saturated heterocycles. The number of nitrogens with zero attached hydrogens (tertiary/aromatic N) is 1. The van der Waals surface area contributed by atoms with Gasteiger partial charge in [-0.05, 0) is 49.2 Å². The second-order valence-corrected chi connectivity index (χ2v) is 6.22. The highest BCUT2D eigenvalue weighted by Crippen LogP contribution is 2.21. The molecule has 1 amide bonds. The molecule has 0 unspecified atom stereocenters. The van der Waals surface area contributed by atoms with Crippen LogP contribution in [0.1, 0.15) is 18.1 Å². The first-order chi connectivity index (χ1) is 13.1. The van der Waals surface area contributed by atoms with Gasteiger partial charge in [0.2, 0.25) is 0 Å². The largest absolute Gasteiger partial charge is 0.484 e. The van der Waals surface area contributed by atoms with Crippen LogP contribution < -0.4 is 15.4 Å². The van der Waals surface area contributed by atoms with Crippen LogP contribution in [0.15, 0.2) is 66.9 Å². The minimum atomic E-state index is -0.250. The van der Waals surface area contributed by atoms with Crippen LogP contribution in [-0.2, 0) is 11.2 Å². The molecule has 5 heteroatoms. The van der Waals surface area contributed by atoms with Crippen molar-refractivity contribution in [3.8, 4) is 5.75 Å². The summed E-state index contributed by atoms with van der Waals surface area (Å²) < 4.78 is 5.47. The van der Waals surface area contributed by atoms with Crippen LogP contribution in [0.4, 0.5) is 17.2 Å². The van der Waals surface area contributed by atoms with Crippen LogP contribution in [0, 0.1) is 6.92 Å².